The fourth-order valence-electron chi connectivity index (χ4n) is 3.81. The van der Waals surface area contributed by atoms with Crippen molar-refractivity contribution in [3.05, 3.63) is 29.8 Å². The number of benzene rings is 1. The Morgan fingerprint density at radius 3 is 2.31 bits per heavy atom. The standard InChI is InChI=1S/C19H29N3O3S/c1-3-20-11-13-21(14-12-20)19(23)17-7-9-22(10-8-17)26(24,25)18-6-4-5-16(2)15-18/h4-6,15,17H,3,7-14H2,1-2H3. The highest BCUT2D eigenvalue weighted by molar-refractivity contribution is 7.89. The van der Waals surface area contributed by atoms with E-state index in [0.717, 1.165) is 38.3 Å². The van der Waals surface area contributed by atoms with Gasteiger partial charge in [-0.05, 0) is 44.0 Å². The van der Waals surface area contributed by atoms with Crippen LogP contribution in [0.4, 0.5) is 0 Å². The Morgan fingerprint density at radius 1 is 1.08 bits per heavy atom. The topological polar surface area (TPSA) is 60.9 Å². The molecule has 0 spiro atoms. The van der Waals surface area contributed by atoms with Crippen molar-refractivity contribution in [1.82, 2.24) is 14.1 Å². The third-order valence-electron chi connectivity index (χ3n) is 5.56. The van der Waals surface area contributed by atoms with Crippen LogP contribution < -0.4 is 0 Å². The van der Waals surface area contributed by atoms with Crippen molar-refractivity contribution in [2.45, 2.75) is 31.6 Å². The van der Waals surface area contributed by atoms with E-state index < -0.39 is 10.0 Å². The van der Waals surface area contributed by atoms with Gasteiger partial charge in [-0.15, -0.1) is 0 Å². The van der Waals surface area contributed by atoms with Gasteiger partial charge in [0, 0.05) is 45.2 Å². The molecule has 144 valence electrons. The third kappa shape index (κ3) is 4.10. The summed E-state index contributed by atoms with van der Waals surface area (Å²) in [5.74, 6) is 0.153. The summed E-state index contributed by atoms with van der Waals surface area (Å²) < 4.78 is 27.2. The number of sulfonamides is 1. The monoisotopic (exact) mass is 379 g/mol. The van der Waals surface area contributed by atoms with Crippen molar-refractivity contribution in [2.75, 3.05) is 45.8 Å². The molecule has 1 aromatic rings. The Kier molecular flexibility index (Phi) is 5.99. The minimum absolute atomic E-state index is 0.0489. The molecule has 2 aliphatic heterocycles. The first-order valence-electron chi connectivity index (χ1n) is 9.50. The van der Waals surface area contributed by atoms with E-state index in [4.69, 9.17) is 0 Å². The molecule has 0 aliphatic carbocycles. The molecule has 0 aromatic heterocycles. The summed E-state index contributed by atoms with van der Waals surface area (Å²) in [6.45, 7) is 9.33. The van der Waals surface area contributed by atoms with Crippen molar-refractivity contribution in [2.24, 2.45) is 5.92 Å². The number of carbonyl (C=O) groups is 1. The zero-order valence-corrected chi connectivity index (χ0v) is 16.5. The molecule has 1 aromatic carbocycles. The summed E-state index contributed by atoms with van der Waals surface area (Å²) in [5, 5.41) is 0. The van der Waals surface area contributed by atoms with Crippen molar-refractivity contribution >= 4 is 15.9 Å². The molecule has 0 N–H and O–H groups in total. The van der Waals surface area contributed by atoms with E-state index in [1.54, 1.807) is 18.2 Å². The average Bonchev–Trinajstić information content (AvgIpc) is 2.67. The van der Waals surface area contributed by atoms with Crippen LogP contribution in [0.15, 0.2) is 29.2 Å². The minimum atomic E-state index is -3.47. The van der Waals surface area contributed by atoms with Crippen LogP contribution in [0, 0.1) is 12.8 Å². The van der Waals surface area contributed by atoms with E-state index in [0.29, 0.717) is 30.8 Å². The quantitative estimate of drug-likeness (QED) is 0.797. The predicted octanol–water partition coefficient (Wildman–Crippen LogP) is 1.56. The van der Waals surface area contributed by atoms with Crippen LogP contribution in [0.1, 0.15) is 25.3 Å². The molecule has 0 radical (unpaired) electrons. The molecule has 7 heteroatoms. The summed E-state index contributed by atoms with van der Waals surface area (Å²) in [5.41, 5.74) is 0.933. The number of likely N-dealkylation sites (N-methyl/N-ethyl adjacent to an activating group) is 1. The van der Waals surface area contributed by atoms with Gasteiger partial charge in [-0.1, -0.05) is 19.1 Å². The fourth-order valence-corrected chi connectivity index (χ4v) is 5.39. The van der Waals surface area contributed by atoms with Crippen LogP contribution in [0.5, 0.6) is 0 Å². The smallest absolute Gasteiger partial charge is 0.243 e. The van der Waals surface area contributed by atoms with Gasteiger partial charge in [0.15, 0.2) is 0 Å². The van der Waals surface area contributed by atoms with Gasteiger partial charge in [-0.2, -0.15) is 4.31 Å². The fraction of sp³-hybridized carbons (Fsp3) is 0.632. The molecule has 0 bridgehead atoms. The molecule has 0 unspecified atom stereocenters. The van der Waals surface area contributed by atoms with Crippen molar-refractivity contribution in [1.29, 1.82) is 0 Å². The Labute approximate surface area is 156 Å². The molecule has 2 fully saturated rings. The van der Waals surface area contributed by atoms with Gasteiger partial charge in [-0.25, -0.2) is 8.42 Å². The van der Waals surface area contributed by atoms with Gasteiger partial charge in [0.05, 0.1) is 4.90 Å². The maximum absolute atomic E-state index is 12.8. The molecule has 2 saturated heterocycles. The summed E-state index contributed by atoms with van der Waals surface area (Å²) in [6, 6.07) is 7.02. The molecule has 1 amide bonds. The Morgan fingerprint density at radius 2 is 1.73 bits per heavy atom. The Balaban J connectivity index is 1.58. The first-order valence-corrected chi connectivity index (χ1v) is 10.9. The number of rotatable bonds is 4. The van der Waals surface area contributed by atoms with Crippen LogP contribution in [0.25, 0.3) is 0 Å². The zero-order chi connectivity index (χ0) is 18.7. The summed E-state index contributed by atoms with van der Waals surface area (Å²) in [4.78, 5) is 17.4. The number of hydrogen-bond acceptors (Lipinski definition) is 4. The molecule has 2 aliphatic rings. The van der Waals surface area contributed by atoms with Gasteiger partial charge < -0.3 is 9.80 Å². The van der Waals surface area contributed by atoms with E-state index in [1.807, 2.05) is 17.9 Å². The number of amides is 1. The number of aryl methyl sites for hydroxylation is 1. The number of nitrogens with zero attached hydrogens (tertiary/aromatic N) is 3. The first kappa shape index (κ1) is 19.3. The van der Waals surface area contributed by atoms with Gasteiger partial charge >= 0.3 is 0 Å². The van der Waals surface area contributed by atoms with Gasteiger partial charge in [0.25, 0.3) is 0 Å². The molecule has 26 heavy (non-hydrogen) atoms. The number of hydrogen-bond donors (Lipinski definition) is 0. The number of carbonyl (C=O) groups excluding carboxylic acids is 1. The van der Waals surface area contributed by atoms with Crippen LogP contribution in [0.3, 0.4) is 0 Å². The van der Waals surface area contributed by atoms with Crippen LogP contribution in [-0.2, 0) is 14.8 Å². The second-order valence-corrected chi connectivity index (χ2v) is 9.19. The third-order valence-corrected chi connectivity index (χ3v) is 7.46. The molecule has 6 nitrogen and oxygen atoms in total. The van der Waals surface area contributed by atoms with Crippen molar-refractivity contribution in [3.63, 3.8) is 0 Å². The maximum Gasteiger partial charge on any atom is 0.243 e. The summed E-state index contributed by atoms with van der Waals surface area (Å²) in [7, 11) is -3.47. The van der Waals surface area contributed by atoms with Crippen LogP contribution in [-0.4, -0.2) is 74.2 Å². The van der Waals surface area contributed by atoms with Crippen LogP contribution >= 0.6 is 0 Å². The number of piperazine rings is 1. The normalized spacial score (nSPS) is 21.1. The molecule has 2 heterocycles. The second kappa shape index (κ2) is 8.06. The highest BCUT2D eigenvalue weighted by Gasteiger charge is 2.34. The summed E-state index contributed by atoms with van der Waals surface area (Å²) >= 11 is 0. The van der Waals surface area contributed by atoms with Gasteiger partial charge in [0.1, 0.15) is 0 Å². The molecule has 3 rings (SSSR count). The largest absolute Gasteiger partial charge is 0.340 e. The lowest BCUT2D eigenvalue weighted by Gasteiger charge is -2.38. The number of piperidine rings is 1. The van der Waals surface area contributed by atoms with E-state index in [9.17, 15) is 13.2 Å². The molecule has 0 saturated carbocycles. The minimum Gasteiger partial charge on any atom is -0.340 e. The lowest BCUT2D eigenvalue weighted by molar-refractivity contribution is -0.138. The van der Waals surface area contributed by atoms with E-state index in [2.05, 4.69) is 11.8 Å². The zero-order valence-electron chi connectivity index (χ0n) is 15.7. The lowest BCUT2D eigenvalue weighted by atomic mass is 9.96. The van der Waals surface area contributed by atoms with E-state index in [1.165, 1.54) is 4.31 Å². The highest BCUT2D eigenvalue weighted by Crippen LogP contribution is 2.25. The van der Waals surface area contributed by atoms with Crippen molar-refractivity contribution < 1.29 is 13.2 Å². The maximum atomic E-state index is 12.8. The molecular formula is C19H29N3O3S. The second-order valence-electron chi connectivity index (χ2n) is 7.25. The van der Waals surface area contributed by atoms with E-state index in [-0.39, 0.29) is 11.8 Å². The lowest BCUT2D eigenvalue weighted by Crippen LogP contribution is -2.51. The Hall–Kier alpha value is -1.44. The van der Waals surface area contributed by atoms with E-state index >= 15 is 0 Å². The summed E-state index contributed by atoms with van der Waals surface area (Å²) in [6.07, 6.45) is 1.22. The molecule has 0 atom stereocenters. The van der Waals surface area contributed by atoms with Gasteiger partial charge in [0.2, 0.25) is 15.9 Å². The Bertz CT molecular complexity index is 734. The first-order chi connectivity index (χ1) is 12.4. The van der Waals surface area contributed by atoms with Crippen LogP contribution in [0.2, 0.25) is 0 Å². The predicted molar refractivity (Wildman–Crippen MR) is 101 cm³/mol. The SMILES string of the molecule is CCN1CCN(C(=O)C2CCN(S(=O)(=O)c3cccc(C)c3)CC2)CC1. The van der Waals surface area contributed by atoms with Gasteiger partial charge in [-0.3, -0.25) is 4.79 Å². The highest BCUT2D eigenvalue weighted by atomic mass is 32.2. The average molecular weight is 380 g/mol. The van der Waals surface area contributed by atoms with Crippen molar-refractivity contribution in [3.8, 4) is 0 Å². The molecular weight excluding hydrogens is 350 g/mol.